The topological polar surface area (TPSA) is 64.1 Å². The van der Waals surface area contributed by atoms with Crippen LogP contribution in [0.25, 0.3) is 0 Å². The lowest BCUT2D eigenvalue weighted by Crippen LogP contribution is -2.08. The minimum atomic E-state index is 0.687. The Morgan fingerprint density at radius 2 is 2.06 bits per heavy atom. The number of rotatable bonds is 6. The molecule has 0 aliphatic rings. The van der Waals surface area contributed by atoms with Gasteiger partial charge in [-0.1, -0.05) is 35.5 Å². The molecule has 0 saturated carbocycles. The SMILES string of the molecule is NCCCNc1cnoc1Cc1ccccc1. The molecule has 4 heteroatoms. The van der Waals surface area contributed by atoms with Crippen molar-refractivity contribution in [1.29, 1.82) is 0 Å². The number of nitrogens with one attached hydrogen (secondary N) is 1. The van der Waals surface area contributed by atoms with Crippen molar-refractivity contribution in [2.24, 2.45) is 5.73 Å². The van der Waals surface area contributed by atoms with Crippen LogP contribution in [0.1, 0.15) is 17.7 Å². The Bertz CT molecular complexity index is 439. The van der Waals surface area contributed by atoms with Gasteiger partial charge in [0.25, 0.3) is 0 Å². The van der Waals surface area contributed by atoms with E-state index in [2.05, 4.69) is 22.6 Å². The number of hydrogen-bond acceptors (Lipinski definition) is 4. The van der Waals surface area contributed by atoms with Gasteiger partial charge in [-0.2, -0.15) is 0 Å². The van der Waals surface area contributed by atoms with E-state index < -0.39 is 0 Å². The third-order valence-corrected chi connectivity index (χ3v) is 2.55. The normalized spacial score (nSPS) is 10.4. The zero-order valence-electron chi connectivity index (χ0n) is 9.73. The molecule has 1 aromatic carbocycles. The van der Waals surface area contributed by atoms with Gasteiger partial charge in [-0.3, -0.25) is 0 Å². The van der Waals surface area contributed by atoms with Gasteiger partial charge in [0.05, 0.1) is 11.9 Å². The Labute approximate surface area is 101 Å². The van der Waals surface area contributed by atoms with Gasteiger partial charge in [0.15, 0.2) is 5.76 Å². The molecular formula is C13H17N3O. The van der Waals surface area contributed by atoms with Crippen LogP contribution < -0.4 is 11.1 Å². The minimum absolute atomic E-state index is 0.687. The molecule has 0 amide bonds. The first-order valence-corrected chi connectivity index (χ1v) is 5.81. The van der Waals surface area contributed by atoms with Crippen LogP contribution in [0.5, 0.6) is 0 Å². The van der Waals surface area contributed by atoms with Crippen molar-refractivity contribution in [3.63, 3.8) is 0 Å². The van der Waals surface area contributed by atoms with E-state index in [1.807, 2.05) is 18.2 Å². The molecule has 0 aliphatic heterocycles. The number of benzene rings is 1. The fourth-order valence-electron chi connectivity index (χ4n) is 1.64. The van der Waals surface area contributed by atoms with Crippen molar-refractivity contribution in [3.8, 4) is 0 Å². The summed E-state index contributed by atoms with van der Waals surface area (Å²) in [5.41, 5.74) is 7.63. The van der Waals surface area contributed by atoms with Crippen molar-refractivity contribution < 1.29 is 4.52 Å². The Kier molecular flexibility index (Phi) is 4.16. The van der Waals surface area contributed by atoms with Crippen LogP contribution in [0.4, 0.5) is 5.69 Å². The summed E-state index contributed by atoms with van der Waals surface area (Å²) < 4.78 is 5.26. The van der Waals surface area contributed by atoms with Gasteiger partial charge in [-0.15, -0.1) is 0 Å². The molecule has 0 fully saturated rings. The lowest BCUT2D eigenvalue weighted by molar-refractivity contribution is 0.390. The third kappa shape index (κ3) is 3.32. The maximum absolute atomic E-state index is 5.45. The van der Waals surface area contributed by atoms with Gasteiger partial charge >= 0.3 is 0 Å². The largest absolute Gasteiger partial charge is 0.381 e. The molecule has 0 atom stereocenters. The van der Waals surface area contributed by atoms with Crippen LogP contribution in [0.15, 0.2) is 41.1 Å². The second-order valence-corrected chi connectivity index (χ2v) is 3.89. The second-order valence-electron chi connectivity index (χ2n) is 3.89. The summed E-state index contributed by atoms with van der Waals surface area (Å²) in [7, 11) is 0. The summed E-state index contributed by atoms with van der Waals surface area (Å²) in [6.07, 6.45) is 3.41. The molecular weight excluding hydrogens is 214 g/mol. The number of aromatic nitrogens is 1. The highest BCUT2D eigenvalue weighted by Crippen LogP contribution is 2.18. The zero-order valence-corrected chi connectivity index (χ0v) is 9.73. The first-order chi connectivity index (χ1) is 8.40. The lowest BCUT2D eigenvalue weighted by Gasteiger charge is -2.04. The smallest absolute Gasteiger partial charge is 0.164 e. The van der Waals surface area contributed by atoms with E-state index in [1.165, 1.54) is 5.56 Å². The number of hydrogen-bond donors (Lipinski definition) is 2. The Hall–Kier alpha value is -1.81. The number of nitrogens with two attached hydrogens (primary N) is 1. The summed E-state index contributed by atoms with van der Waals surface area (Å²) in [6.45, 7) is 1.53. The van der Waals surface area contributed by atoms with Gasteiger partial charge in [0.1, 0.15) is 0 Å². The van der Waals surface area contributed by atoms with E-state index >= 15 is 0 Å². The summed E-state index contributed by atoms with van der Waals surface area (Å²) in [5, 5.41) is 7.11. The van der Waals surface area contributed by atoms with Gasteiger partial charge < -0.3 is 15.6 Å². The van der Waals surface area contributed by atoms with Crippen molar-refractivity contribution in [3.05, 3.63) is 47.9 Å². The molecule has 2 rings (SSSR count). The molecule has 0 unspecified atom stereocenters. The molecule has 17 heavy (non-hydrogen) atoms. The molecule has 0 saturated heterocycles. The van der Waals surface area contributed by atoms with Crippen LogP contribution in [0.3, 0.4) is 0 Å². The quantitative estimate of drug-likeness (QED) is 0.747. The van der Waals surface area contributed by atoms with Gasteiger partial charge in [0, 0.05) is 13.0 Å². The maximum Gasteiger partial charge on any atom is 0.164 e. The van der Waals surface area contributed by atoms with Crippen LogP contribution in [-0.4, -0.2) is 18.2 Å². The first-order valence-electron chi connectivity index (χ1n) is 5.81. The highest BCUT2D eigenvalue weighted by molar-refractivity contribution is 5.46. The molecule has 0 radical (unpaired) electrons. The average molecular weight is 231 g/mol. The van der Waals surface area contributed by atoms with Crippen LogP contribution in [0.2, 0.25) is 0 Å². The van der Waals surface area contributed by atoms with E-state index in [-0.39, 0.29) is 0 Å². The first kappa shape index (κ1) is 11.7. The molecule has 90 valence electrons. The summed E-state index contributed by atoms with van der Waals surface area (Å²) in [4.78, 5) is 0. The highest BCUT2D eigenvalue weighted by atomic mass is 16.5. The van der Waals surface area contributed by atoms with E-state index in [0.717, 1.165) is 30.8 Å². The Morgan fingerprint density at radius 3 is 2.82 bits per heavy atom. The molecule has 0 aliphatic carbocycles. The predicted molar refractivity (Wildman–Crippen MR) is 67.9 cm³/mol. The number of nitrogens with zero attached hydrogens (tertiary/aromatic N) is 1. The van der Waals surface area contributed by atoms with Crippen molar-refractivity contribution in [2.75, 3.05) is 18.4 Å². The average Bonchev–Trinajstić information content (AvgIpc) is 2.79. The summed E-state index contributed by atoms with van der Waals surface area (Å²) in [5.74, 6) is 0.869. The number of anilines is 1. The lowest BCUT2D eigenvalue weighted by atomic mass is 10.1. The monoisotopic (exact) mass is 231 g/mol. The van der Waals surface area contributed by atoms with E-state index in [1.54, 1.807) is 6.20 Å². The maximum atomic E-state index is 5.45. The fraction of sp³-hybridized carbons (Fsp3) is 0.308. The third-order valence-electron chi connectivity index (χ3n) is 2.55. The van der Waals surface area contributed by atoms with Crippen LogP contribution in [-0.2, 0) is 6.42 Å². The second kappa shape index (κ2) is 6.06. The Balaban J connectivity index is 1.99. The minimum Gasteiger partial charge on any atom is -0.381 e. The molecule has 0 spiro atoms. The summed E-state index contributed by atoms with van der Waals surface area (Å²) in [6, 6.07) is 10.2. The predicted octanol–water partition coefficient (Wildman–Crippen LogP) is 2.03. The van der Waals surface area contributed by atoms with Gasteiger partial charge in [-0.25, -0.2) is 0 Å². The van der Waals surface area contributed by atoms with Crippen LogP contribution in [0, 0.1) is 0 Å². The molecule has 4 nitrogen and oxygen atoms in total. The Morgan fingerprint density at radius 1 is 1.24 bits per heavy atom. The van der Waals surface area contributed by atoms with Gasteiger partial charge in [-0.05, 0) is 18.5 Å². The van der Waals surface area contributed by atoms with E-state index in [9.17, 15) is 0 Å². The van der Waals surface area contributed by atoms with Crippen molar-refractivity contribution >= 4 is 5.69 Å². The zero-order chi connectivity index (χ0) is 11.9. The standard InChI is InChI=1S/C13H17N3O/c14-7-4-8-15-12-10-16-17-13(12)9-11-5-2-1-3-6-11/h1-3,5-6,10,15H,4,7-9,14H2. The molecule has 1 heterocycles. The van der Waals surface area contributed by atoms with Gasteiger partial charge in [0.2, 0.25) is 0 Å². The molecule has 3 N–H and O–H groups in total. The molecule has 2 aromatic rings. The molecule has 1 aromatic heterocycles. The fourth-order valence-corrected chi connectivity index (χ4v) is 1.64. The van der Waals surface area contributed by atoms with Crippen LogP contribution >= 0.6 is 0 Å². The van der Waals surface area contributed by atoms with E-state index in [4.69, 9.17) is 10.3 Å². The van der Waals surface area contributed by atoms with Crippen molar-refractivity contribution in [1.82, 2.24) is 5.16 Å². The van der Waals surface area contributed by atoms with Crippen molar-refractivity contribution in [2.45, 2.75) is 12.8 Å². The molecule has 0 bridgehead atoms. The van der Waals surface area contributed by atoms with E-state index in [0.29, 0.717) is 6.54 Å². The highest BCUT2D eigenvalue weighted by Gasteiger charge is 2.07. The summed E-state index contributed by atoms with van der Waals surface area (Å²) >= 11 is 0.